The zero-order valence-electron chi connectivity index (χ0n) is 30.2. The van der Waals surface area contributed by atoms with Crippen LogP contribution in [-0.4, -0.2) is 103 Å². The zero-order valence-corrected chi connectivity index (χ0v) is 30.2. The Hall–Kier alpha value is -4.65. The molecule has 3 aromatic rings. The Morgan fingerprint density at radius 2 is 1.71 bits per heavy atom. The number of morpholine rings is 1. The second-order valence-corrected chi connectivity index (χ2v) is 14.7. The summed E-state index contributed by atoms with van der Waals surface area (Å²) in [5, 5.41) is 9.22. The van der Waals surface area contributed by atoms with E-state index in [0.29, 0.717) is 89.5 Å². The fourth-order valence-electron chi connectivity index (χ4n) is 8.49. The molecular formula is C40H49N7O5. The average molecular weight is 708 g/mol. The molecule has 4 aliphatic rings. The first kappa shape index (κ1) is 35.7. The van der Waals surface area contributed by atoms with E-state index in [-0.39, 0.29) is 30.2 Å². The van der Waals surface area contributed by atoms with Crippen molar-refractivity contribution in [2.75, 3.05) is 70.2 Å². The Morgan fingerprint density at radius 1 is 0.962 bits per heavy atom. The van der Waals surface area contributed by atoms with Crippen molar-refractivity contribution in [1.82, 2.24) is 25.0 Å². The number of anilines is 2. The van der Waals surface area contributed by atoms with Gasteiger partial charge in [-0.25, -0.2) is 4.98 Å². The predicted octanol–water partition coefficient (Wildman–Crippen LogP) is 3.11. The first-order valence-corrected chi connectivity index (χ1v) is 18.5. The van der Waals surface area contributed by atoms with Gasteiger partial charge in [-0.3, -0.25) is 24.1 Å². The summed E-state index contributed by atoms with van der Waals surface area (Å²) in [6.45, 7) is 7.01. The van der Waals surface area contributed by atoms with Gasteiger partial charge in [0.15, 0.2) is 0 Å². The molecule has 4 heterocycles. The Morgan fingerprint density at radius 3 is 2.46 bits per heavy atom. The first-order valence-electron chi connectivity index (χ1n) is 18.5. The monoisotopic (exact) mass is 707 g/mol. The van der Waals surface area contributed by atoms with Gasteiger partial charge in [0.2, 0.25) is 23.6 Å². The van der Waals surface area contributed by atoms with Crippen molar-refractivity contribution in [2.24, 2.45) is 5.41 Å². The van der Waals surface area contributed by atoms with Crippen LogP contribution in [0.3, 0.4) is 0 Å². The number of fused-ring (bicyclic) bond motifs is 3. The summed E-state index contributed by atoms with van der Waals surface area (Å²) in [6, 6.07) is 17.6. The van der Waals surface area contributed by atoms with Crippen LogP contribution in [0.1, 0.15) is 54.0 Å². The number of likely N-dealkylation sites (tertiary alicyclic amines) is 1. The van der Waals surface area contributed by atoms with E-state index >= 15 is 0 Å². The lowest BCUT2D eigenvalue weighted by molar-refractivity contribution is -0.151. The smallest absolute Gasteiger partial charge is 0.244 e. The van der Waals surface area contributed by atoms with Gasteiger partial charge in [-0.2, -0.15) is 0 Å². The van der Waals surface area contributed by atoms with Gasteiger partial charge in [0, 0.05) is 56.7 Å². The number of nitrogens with zero attached hydrogens (tertiary/aromatic N) is 4. The molecule has 52 heavy (non-hydrogen) atoms. The Labute approximate surface area is 305 Å². The molecule has 2 aromatic carbocycles. The highest BCUT2D eigenvalue weighted by Crippen LogP contribution is 2.47. The molecule has 274 valence electrons. The number of pyridine rings is 1. The van der Waals surface area contributed by atoms with Gasteiger partial charge in [-0.15, -0.1) is 0 Å². The number of hydrogen-bond acceptors (Lipinski definition) is 8. The molecule has 12 heteroatoms. The quantitative estimate of drug-likeness (QED) is 0.277. The highest BCUT2D eigenvalue weighted by Gasteiger charge is 2.51. The minimum absolute atomic E-state index is 0.0483. The number of nitrogens with one attached hydrogen (secondary N) is 3. The number of aromatic nitrogens is 1. The van der Waals surface area contributed by atoms with E-state index in [2.05, 4.69) is 25.8 Å². The summed E-state index contributed by atoms with van der Waals surface area (Å²) in [5.41, 5.74) is 4.30. The van der Waals surface area contributed by atoms with Gasteiger partial charge < -0.3 is 30.5 Å². The third-order valence-corrected chi connectivity index (χ3v) is 11.6. The number of carbonyl (C=O) groups is 4. The molecular weight excluding hydrogens is 658 g/mol. The zero-order chi connectivity index (χ0) is 36.3. The third kappa shape index (κ3) is 7.07. The van der Waals surface area contributed by atoms with Crippen LogP contribution in [0, 0.1) is 5.41 Å². The molecule has 2 fully saturated rings. The van der Waals surface area contributed by atoms with E-state index in [9.17, 15) is 19.2 Å². The molecule has 4 amide bonds. The lowest BCUT2D eigenvalue weighted by Crippen LogP contribution is -2.53. The number of rotatable bonds is 11. The topological polar surface area (TPSA) is 136 Å². The van der Waals surface area contributed by atoms with Crippen LogP contribution in [0.4, 0.5) is 11.5 Å². The van der Waals surface area contributed by atoms with Crippen LogP contribution in [0.15, 0.2) is 60.8 Å². The van der Waals surface area contributed by atoms with Gasteiger partial charge in [0.25, 0.3) is 0 Å². The number of hydrogen-bond donors (Lipinski definition) is 3. The van der Waals surface area contributed by atoms with Crippen LogP contribution >= 0.6 is 0 Å². The highest BCUT2D eigenvalue weighted by atomic mass is 16.5. The Balaban J connectivity index is 1.06. The standard InChI is InChI=1S/C40H49N7O5/c1-3-39(12-15-46(16-13-39)35(49)27-45-17-19-52-20-18-45)38(51)47(25-30-8-5-4-7-29(30)24-41-2)26-34(48)43-32-11-10-28-22-40(23-31(28)21-32)33-9-6-14-42-36(33)44-37(40)50/h4-11,14,21,41H,3,12-13,15-20,22-27H2,1-2H3,(H,43,48)(H,42,44,50)/t40-/m1/s1. The molecule has 0 unspecified atom stereocenters. The van der Waals surface area contributed by atoms with E-state index in [0.717, 1.165) is 40.9 Å². The van der Waals surface area contributed by atoms with Crippen molar-refractivity contribution in [3.05, 3.63) is 88.6 Å². The van der Waals surface area contributed by atoms with Gasteiger partial charge >= 0.3 is 0 Å². The second-order valence-electron chi connectivity index (χ2n) is 14.7. The molecule has 1 atom stereocenters. The van der Waals surface area contributed by atoms with E-state index in [1.807, 2.05) is 73.5 Å². The fourth-order valence-corrected chi connectivity index (χ4v) is 8.49. The van der Waals surface area contributed by atoms with Crippen LogP contribution < -0.4 is 16.0 Å². The number of piperidine rings is 1. The number of benzene rings is 2. The van der Waals surface area contributed by atoms with E-state index in [4.69, 9.17) is 4.74 Å². The summed E-state index contributed by atoms with van der Waals surface area (Å²) in [5.74, 6) is 0.313. The molecule has 3 N–H and O–H groups in total. The molecule has 2 saturated heterocycles. The van der Waals surface area contributed by atoms with Crippen molar-refractivity contribution in [3.63, 3.8) is 0 Å². The van der Waals surface area contributed by atoms with Crippen molar-refractivity contribution >= 4 is 35.1 Å². The molecule has 12 nitrogen and oxygen atoms in total. The highest BCUT2D eigenvalue weighted by molar-refractivity contribution is 6.06. The van der Waals surface area contributed by atoms with E-state index < -0.39 is 10.8 Å². The lowest BCUT2D eigenvalue weighted by atomic mass is 9.74. The normalized spacial score (nSPS) is 20.7. The molecule has 3 aliphatic heterocycles. The molecule has 1 aromatic heterocycles. The number of amides is 4. The molecule has 1 aliphatic carbocycles. The minimum atomic E-state index is -0.699. The largest absolute Gasteiger partial charge is 0.379 e. The van der Waals surface area contributed by atoms with E-state index in [1.165, 1.54) is 0 Å². The maximum absolute atomic E-state index is 14.7. The van der Waals surface area contributed by atoms with Crippen molar-refractivity contribution in [3.8, 4) is 0 Å². The first-order chi connectivity index (χ1) is 25.2. The number of ether oxygens (including phenoxy) is 1. The van der Waals surface area contributed by atoms with Crippen molar-refractivity contribution in [2.45, 2.75) is 57.5 Å². The van der Waals surface area contributed by atoms with Crippen LogP contribution in [0.5, 0.6) is 0 Å². The lowest BCUT2D eigenvalue weighted by Gasteiger charge is -2.43. The maximum Gasteiger partial charge on any atom is 0.244 e. The molecule has 1 spiro atoms. The molecule has 0 saturated carbocycles. The predicted molar refractivity (Wildman–Crippen MR) is 197 cm³/mol. The fraction of sp³-hybridized carbons (Fsp3) is 0.475. The number of carbonyl (C=O) groups excluding carboxylic acids is 4. The summed E-state index contributed by atoms with van der Waals surface area (Å²) in [7, 11) is 1.89. The van der Waals surface area contributed by atoms with Gasteiger partial charge in [0.05, 0.1) is 30.6 Å². The van der Waals surface area contributed by atoms with Crippen LogP contribution in [0.25, 0.3) is 0 Å². The molecule has 0 radical (unpaired) electrons. The second kappa shape index (κ2) is 15.1. The van der Waals surface area contributed by atoms with Gasteiger partial charge in [-0.05, 0) is 79.6 Å². The third-order valence-electron chi connectivity index (χ3n) is 11.6. The summed E-state index contributed by atoms with van der Waals surface area (Å²) in [4.78, 5) is 65.0. The van der Waals surface area contributed by atoms with E-state index in [1.54, 1.807) is 11.1 Å². The summed E-state index contributed by atoms with van der Waals surface area (Å²) in [6.07, 6.45) is 4.49. The minimum Gasteiger partial charge on any atom is -0.379 e. The molecule has 0 bridgehead atoms. The maximum atomic E-state index is 14.7. The van der Waals surface area contributed by atoms with Gasteiger partial charge in [-0.1, -0.05) is 43.3 Å². The Kier molecular flexibility index (Phi) is 10.4. The van der Waals surface area contributed by atoms with Crippen molar-refractivity contribution < 1.29 is 23.9 Å². The molecule has 7 rings (SSSR count). The average Bonchev–Trinajstić information content (AvgIpc) is 3.68. The van der Waals surface area contributed by atoms with Crippen LogP contribution in [-0.2, 0) is 55.3 Å². The van der Waals surface area contributed by atoms with Gasteiger partial charge in [0.1, 0.15) is 12.4 Å². The van der Waals surface area contributed by atoms with Crippen LogP contribution in [0.2, 0.25) is 0 Å². The summed E-state index contributed by atoms with van der Waals surface area (Å²) >= 11 is 0. The van der Waals surface area contributed by atoms with Crippen molar-refractivity contribution in [1.29, 1.82) is 0 Å². The SMILES string of the molecule is CCC1(C(=O)N(CC(=O)Nc2ccc3c(c2)C[C@@]2(C3)C(=O)Nc3ncccc32)Cc2ccccc2CNC)CCN(C(=O)CN2CCOCC2)CC1. The summed E-state index contributed by atoms with van der Waals surface area (Å²) < 4.78 is 5.44. The Bertz CT molecular complexity index is 1830.